The molecule has 1 heterocycles. The lowest BCUT2D eigenvalue weighted by molar-refractivity contribution is -0.150. The summed E-state index contributed by atoms with van der Waals surface area (Å²) in [5.41, 5.74) is -0.661. The van der Waals surface area contributed by atoms with Gasteiger partial charge in [0.1, 0.15) is 0 Å². The maximum Gasteiger partial charge on any atom is 0.319 e. The molecule has 2 amide bonds. The third kappa shape index (κ3) is 2.31. The average molecular weight is 254 g/mol. The fraction of sp³-hybridized carbons (Fsp3) is 0.846. The van der Waals surface area contributed by atoms with E-state index in [9.17, 15) is 9.59 Å². The van der Waals surface area contributed by atoms with Crippen molar-refractivity contribution in [1.82, 2.24) is 9.80 Å². The smallest absolute Gasteiger partial charge is 0.319 e. The zero-order valence-electron chi connectivity index (χ0n) is 11.2. The molecule has 0 atom stereocenters. The van der Waals surface area contributed by atoms with E-state index in [-0.39, 0.29) is 6.03 Å². The maximum atomic E-state index is 12.2. The molecule has 0 spiro atoms. The molecule has 0 unspecified atom stereocenters. The van der Waals surface area contributed by atoms with E-state index in [0.717, 1.165) is 12.8 Å². The van der Waals surface area contributed by atoms with Gasteiger partial charge in [-0.25, -0.2) is 4.79 Å². The number of carbonyl (C=O) groups excluding carboxylic acids is 1. The predicted octanol–water partition coefficient (Wildman–Crippen LogP) is 1.78. The summed E-state index contributed by atoms with van der Waals surface area (Å²) in [5, 5.41) is 9.15. The van der Waals surface area contributed by atoms with E-state index in [1.54, 1.807) is 11.8 Å². The summed E-state index contributed by atoms with van der Waals surface area (Å²) in [6.45, 7) is 2.88. The van der Waals surface area contributed by atoms with Gasteiger partial charge in [0.05, 0.1) is 5.41 Å². The second-order valence-corrected chi connectivity index (χ2v) is 5.83. The zero-order chi connectivity index (χ0) is 13.3. The highest BCUT2D eigenvalue weighted by Crippen LogP contribution is 2.32. The standard InChI is InChI=1S/C13H22N2O3/c1-13(11(16)17)6-8-15(9-7-13)12(18)14(2)10-4-3-5-10/h10H,3-9H2,1-2H3,(H,16,17). The summed E-state index contributed by atoms with van der Waals surface area (Å²) in [6, 6.07) is 0.456. The van der Waals surface area contributed by atoms with Gasteiger partial charge in [-0.05, 0) is 39.0 Å². The topological polar surface area (TPSA) is 60.9 Å². The van der Waals surface area contributed by atoms with Crippen molar-refractivity contribution in [3.63, 3.8) is 0 Å². The molecule has 0 bridgehead atoms. The second kappa shape index (κ2) is 4.78. The molecule has 2 fully saturated rings. The van der Waals surface area contributed by atoms with Gasteiger partial charge in [-0.3, -0.25) is 4.79 Å². The Morgan fingerprint density at radius 2 is 1.83 bits per heavy atom. The molecule has 2 rings (SSSR count). The van der Waals surface area contributed by atoms with Crippen LogP contribution < -0.4 is 0 Å². The lowest BCUT2D eigenvalue weighted by atomic mass is 9.80. The highest BCUT2D eigenvalue weighted by Gasteiger charge is 2.39. The molecule has 0 aromatic rings. The van der Waals surface area contributed by atoms with E-state index >= 15 is 0 Å². The van der Waals surface area contributed by atoms with Gasteiger partial charge < -0.3 is 14.9 Å². The van der Waals surface area contributed by atoms with Crippen molar-refractivity contribution in [2.45, 2.75) is 45.1 Å². The van der Waals surface area contributed by atoms with Gasteiger partial charge in [0.15, 0.2) is 0 Å². The predicted molar refractivity (Wildman–Crippen MR) is 67.3 cm³/mol. The minimum atomic E-state index is -0.748. The first-order valence-corrected chi connectivity index (χ1v) is 6.69. The molecule has 5 heteroatoms. The Hall–Kier alpha value is -1.26. The molecule has 0 aromatic carbocycles. The number of piperidine rings is 1. The number of aliphatic carboxylic acids is 1. The number of carbonyl (C=O) groups is 2. The quantitative estimate of drug-likeness (QED) is 0.817. The van der Waals surface area contributed by atoms with Crippen LogP contribution in [0.15, 0.2) is 0 Å². The van der Waals surface area contributed by atoms with E-state index in [1.165, 1.54) is 6.42 Å². The molecular weight excluding hydrogens is 232 g/mol. The summed E-state index contributed by atoms with van der Waals surface area (Å²) in [6.07, 6.45) is 4.50. The molecule has 0 radical (unpaired) electrons. The maximum absolute atomic E-state index is 12.2. The summed E-state index contributed by atoms with van der Waals surface area (Å²) in [7, 11) is 1.86. The fourth-order valence-corrected chi connectivity index (χ4v) is 2.56. The van der Waals surface area contributed by atoms with Crippen molar-refractivity contribution in [3.05, 3.63) is 0 Å². The Balaban J connectivity index is 1.89. The molecule has 1 N–H and O–H groups in total. The van der Waals surface area contributed by atoms with Crippen LogP contribution in [-0.2, 0) is 4.79 Å². The van der Waals surface area contributed by atoms with Crippen LogP contribution in [0.5, 0.6) is 0 Å². The minimum Gasteiger partial charge on any atom is -0.481 e. The Labute approximate surface area is 108 Å². The first-order valence-electron chi connectivity index (χ1n) is 6.69. The molecule has 2 aliphatic rings. The number of urea groups is 1. The largest absolute Gasteiger partial charge is 0.481 e. The number of carboxylic acid groups (broad SMARTS) is 1. The lowest BCUT2D eigenvalue weighted by Gasteiger charge is -2.41. The minimum absolute atomic E-state index is 0.0622. The van der Waals surface area contributed by atoms with Gasteiger partial charge in [-0.2, -0.15) is 0 Å². The third-order valence-electron chi connectivity index (χ3n) is 4.58. The van der Waals surface area contributed by atoms with Crippen LogP contribution in [0.3, 0.4) is 0 Å². The van der Waals surface area contributed by atoms with Crippen LogP contribution in [0, 0.1) is 5.41 Å². The number of hydrogen-bond acceptors (Lipinski definition) is 2. The lowest BCUT2D eigenvalue weighted by Crippen LogP contribution is -2.52. The van der Waals surface area contributed by atoms with Crippen LogP contribution in [0.2, 0.25) is 0 Å². The Morgan fingerprint density at radius 1 is 1.28 bits per heavy atom. The Kier molecular flexibility index (Phi) is 3.50. The first-order chi connectivity index (χ1) is 8.44. The van der Waals surface area contributed by atoms with Crippen molar-refractivity contribution in [3.8, 4) is 0 Å². The van der Waals surface area contributed by atoms with E-state index < -0.39 is 11.4 Å². The normalized spacial score (nSPS) is 23.3. The van der Waals surface area contributed by atoms with E-state index in [1.807, 2.05) is 11.9 Å². The van der Waals surface area contributed by atoms with Gasteiger partial charge in [0.2, 0.25) is 0 Å². The summed E-state index contributed by atoms with van der Waals surface area (Å²) in [5.74, 6) is -0.748. The summed E-state index contributed by atoms with van der Waals surface area (Å²) in [4.78, 5) is 27.0. The van der Waals surface area contributed by atoms with E-state index in [4.69, 9.17) is 5.11 Å². The number of carboxylic acids is 1. The van der Waals surface area contributed by atoms with Crippen molar-refractivity contribution in [2.24, 2.45) is 5.41 Å². The zero-order valence-corrected chi connectivity index (χ0v) is 11.2. The van der Waals surface area contributed by atoms with Gasteiger partial charge >= 0.3 is 12.0 Å². The van der Waals surface area contributed by atoms with Crippen molar-refractivity contribution < 1.29 is 14.7 Å². The molecule has 1 saturated heterocycles. The summed E-state index contributed by atoms with van der Waals surface area (Å²) < 4.78 is 0. The molecule has 102 valence electrons. The number of rotatable bonds is 2. The van der Waals surface area contributed by atoms with Crippen LogP contribution in [-0.4, -0.2) is 53.1 Å². The molecule has 1 aliphatic carbocycles. The van der Waals surface area contributed by atoms with Crippen molar-refractivity contribution in [2.75, 3.05) is 20.1 Å². The number of nitrogens with zero attached hydrogens (tertiary/aromatic N) is 2. The van der Waals surface area contributed by atoms with Crippen molar-refractivity contribution >= 4 is 12.0 Å². The molecule has 0 aromatic heterocycles. The van der Waals surface area contributed by atoms with Gasteiger partial charge in [-0.1, -0.05) is 0 Å². The van der Waals surface area contributed by atoms with E-state index in [0.29, 0.717) is 32.0 Å². The highest BCUT2D eigenvalue weighted by molar-refractivity contribution is 5.77. The van der Waals surface area contributed by atoms with Gasteiger partial charge in [0, 0.05) is 26.2 Å². The number of amides is 2. The summed E-state index contributed by atoms with van der Waals surface area (Å²) >= 11 is 0. The van der Waals surface area contributed by atoms with Gasteiger partial charge in [-0.15, -0.1) is 0 Å². The van der Waals surface area contributed by atoms with Crippen LogP contribution in [0.1, 0.15) is 39.0 Å². The monoisotopic (exact) mass is 254 g/mol. The van der Waals surface area contributed by atoms with E-state index in [2.05, 4.69) is 0 Å². The van der Waals surface area contributed by atoms with Gasteiger partial charge in [0.25, 0.3) is 0 Å². The highest BCUT2D eigenvalue weighted by atomic mass is 16.4. The SMILES string of the molecule is CN(C(=O)N1CCC(C)(C(=O)O)CC1)C1CCC1. The molecular formula is C13H22N2O3. The third-order valence-corrected chi connectivity index (χ3v) is 4.58. The molecule has 1 aliphatic heterocycles. The average Bonchev–Trinajstić information content (AvgIpc) is 2.26. The Bertz CT molecular complexity index is 344. The molecule has 5 nitrogen and oxygen atoms in total. The van der Waals surface area contributed by atoms with Crippen LogP contribution in [0.25, 0.3) is 0 Å². The molecule has 1 saturated carbocycles. The van der Waals surface area contributed by atoms with Crippen LogP contribution >= 0.6 is 0 Å². The van der Waals surface area contributed by atoms with Crippen molar-refractivity contribution in [1.29, 1.82) is 0 Å². The second-order valence-electron chi connectivity index (χ2n) is 5.83. The number of hydrogen-bond donors (Lipinski definition) is 1. The Morgan fingerprint density at radius 3 is 2.22 bits per heavy atom. The molecule has 18 heavy (non-hydrogen) atoms. The fourth-order valence-electron chi connectivity index (χ4n) is 2.56. The van der Waals surface area contributed by atoms with Crippen LogP contribution in [0.4, 0.5) is 4.79 Å². The number of likely N-dealkylation sites (tertiary alicyclic amines) is 1. The first kappa shape index (κ1) is 13.2.